The molecule has 1 aliphatic rings. The molecule has 0 spiro atoms. The number of benzene rings is 2. The van der Waals surface area contributed by atoms with Gasteiger partial charge in [0, 0.05) is 10.4 Å². The van der Waals surface area contributed by atoms with Crippen LogP contribution in [0.4, 0.5) is 14.5 Å². The van der Waals surface area contributed by atoms with Crippen molar-refractivity contribution in [3.05, 3.63) is 58.7 Å². The summed E-state index contributed by atoms with van der Waals surface area (Å²) in [5.41, 5.74) is 4.10. The van der Waals surface area contributed by atoms with Gasteiger partial charge >= 0.3 is 0 Å². The molecule has 150 valence electrons. The Labute approximate surface area is 185 Å². The molecule has 0 aliphatic heterocycles. The first-order valence-electron chi connectivity index (χ1n) is 9.98. The fraction of sp³-hybridized carbons (Fsp3) is 0.217. The van der Waals surface area contributed by atoms with Gasteiger partial charge in [-0.1, -0.05) is 36.5 Å². The van der Waals surface area contributed by atoms with Crippen LogP contribution in [-0.4, -0.2) is 9.97 Å². The van der Waals surface area contributed by atoms with Gasteiger partial charge in [-0.15, -0.1) is 22.7 Å². The molecule has 0 amide bonds. The second-order valence-corrected chi connectivity index (χ2v) is 10.9. The summed E-state index contributed by atoms with van der Waals surface area (Å²) in [5, 5.41) is 6.39. The van der Waals surface area contributed by atoms with Crippen molar-refractivity contribution in [2.75, 3.05) is 5.32 Å². The molecule has 7 heteroatoms. The fourth-order valence-electron chi connectivity index (χ4n) is 4.11. The minimum absolute atomic E-state index is 0.275. The Morgan fingerprint density at radius 1 is 1.00 bits per heavy atom. The molecule has 0 fully saturated rings. The molecule has 3 aromatic heterocycles. The topological polar surface area (TPSA) is 37.8 Å². The number of para-hydroxylation sites is 2. The van der Waals surface area contributed by atoms with Crippen LogP contribution in [0.3, 0.4) is 0 Å². The van der Waals surface area contributed by atoms with Gasteiger partial charge in [0.2, 0.25) is 0 Å². The summed E-state index contributed by atoms with van der Waals surface area (Å²) in [4.78, 5) is 10.9. The van der Waals surface area contributed by atoms with E-state index in [-0.39, 0.29) is 5.82 Å². The summed E-state index contributed by atoms with van der Waals surface area (Å²) in [5.74, 6) is 0.422. The molecule has 0 radical (unpaired) electrons. The highest BCUT2D eigenvalue weighted by molar-refractivity contribution is 7.24. The van der Waals surface area contributed by atoms with Gasteiger partial charge in [0.05, 0.1) is 14.9 Å². The molecular weight excluding hydrogens is 433 g/mol. The van der Waals surface area contributed by atoms with Crippen LogP contribution in [0.5, 0.6) is 0 Å². The van der Waals surface area contributed by atoms with Crippen LogP contribution in [0.15, 0.2) is 42.5 Å². The molecule has 0 saturated heterocycles. The molecule has 1 aliphatic carbocycles. The van der Waals surface area contributed by atoms with E-state index in [9.17, 15) is 4.39 Å². The SMILES string of the molecule is C[C@H]1CCc2c(sc(Nc3nc4c(F)cccc4s3)c2-c2nc3ccccc3s2)C1. The smallest absolute Gasteiger partial charge is 0.189 e. The van der Waals surface area contributed by atoms with Crippen molar-refractivity contribution in [3.8, 4) is 10.6 Å². The number of nitrogens with zero attached hydrogens (tertiary/aromatic N) is 2. The third kappa shape index (κ3) is 3.04. The van der Waals surface area contributed by atoms with Crippen molar-refractivity contribution in [2.24, 2.45) is 5.92 Å². The third-order valence-corrected chi connectivity index (χ3v) is 8.77. The summed E-state index contributed by atoms with van der Waals surface area (Å²) in [6.45, 7) is 2.32. The lowest BCUT2D eigenvalue weighted by atomic mass is 9.88. The number of hydrogen-bond donors (Lipinski definition) is 1. The Kier molecular flexibility index (Phi) is 4.37. The van der Waals surface area contributed by atoms with Crippen LogP contribution in [0, 0.1) is 11.7 Å². The summed E-state index contributed by atoms with van der Waals surface area (Å²) in [6, 6.07) is 13.4. The molecular formula is C23H18FN3S3. The maximum atomic E-state index is 14.1. The average molecular weight is 452 g/mol. The van der Waals surface area contributed by atoms with Crippen LogP contribution in [0.25, 0.3) is 31.0 Å². The number of hydrogen-bond acceptors (Lipinski definition) is 6. The molecule has 0 bridgehead atoms. The lowest BCUT2D eigenvalue weighted by Crippen LogP contribution is -2.09. The Bertz CT molecular complexity index is 1360. The molecule has 0 unspecified atom stereocenters. The zero-order valence-electron chi connectivity index (χ0n) is 16.2. The normalized spacial score (nSPS) is 16.3. The quantitative estimate of drug-likeness (QED) is 0.306. The average Bonchev–Trinajstić information content (AvgIpc) is 3.42. The number of thiazole rings is 2. The van der Waals surface area contributed by atoms with Crippen LogP contribution in [-0.2, 0) is 12.8 Å². The van der Waals surface area contributed by atoms with Crippen molar-refractivity contribution in [2.45, 2.75) is 26.2 Å². The highest BCUT2D eigenvalue weighted by Gasteiger charge is 2.27. The van der Waals surface area contributed by atoms with E-state index in [1.807, 2.05) is 23.5 Å². The number of halogens is 1. The zero-order chi connectivity index (χ0) is 20.2. The molecule has 6 rings (SSSR count). The number of thiophene rings is 1. The van der Waals surface area contributed by atoms with E-state index in [1.54, 1.807) is 17.4 Å². The monoisotopic (exact) mass is 451 g/mol. The first-order chi connectivity index (χ1) is 14.7. The number of nitrogens with one attached hydrogen (secondary N) is 1. The van der Waals surface area contributed by atoms with Crippen molar-refractivity contribution >= 4 is 64.6 Å². The predicted molar refractivity (Wildman–Crippen MR) is 127 cm³/mol. The van der Waals surface area contributed by atoms with Crippen LogP contribution < -0.4 is 5.32 Å². The second-order valence-electron chi connectivity index (χ2n) is 7.77. The molecule has 1 atom stereocenters. The van der Waals surface area contributed by atoms with Gasteiger partial charge in [0.15, 0.2) is 5.13 Å². The zero-order valence-corrected chi connectivity index (χ0v) is 18.7. The maximum absolute atomic E-state index is 14.1. The summed E-state index contributed by atoms with van der Waals surface area (Å²) < 4.78 is 16.2. The van der Waals surface area contributed by atoms with Crippen molar-refractivity contribution in [1.82, 2.24) is 9.97 Å². The van der Waals surface area contributed by atoms with E-state index in [4.69, 9.17) is 4.98 Å². The standard InChI is InChI=1S/C23H18FN3S3/c1-12-9-10-13-18(11-12)29-22(19(13)21-25-15-6-2-3-7-16(15)28-21)27-23-26-20-14(24)5-4-8-17(20)30-23/h2-8,12H,9-11H2,1H3,(H,26,27)/t12-/m0/s1. The van der Waals surface area contributed by atoms with Gasteiger partial charge in [-0.25, -0.2) is 14.4 Å². The van der Waals surface area contributed by atoms with E-state index in [2.05, 4.69) is 35.4 Å². The van der Waals surface area contributed by atoms with E-state index in [0.29, 0.717) is 11.4 Å². The highest BCUT2D eigenvalue weighted by atomic mass is 32.1. The Hall–Kier alpha value is -2.35. The Balaban J connectivity index is 1.49. The van der Waals surface area contributed by atoms with Gasteiger partial charge in [0.25, 0.3) is 0 Å². The molecule has 0 saturated carbocycles. The molecule has 2 aromatic carbocycles. The lowest BCUT2D eigenvalue weighted by molar-refractivity contribution is 0.508. The molecule has 30 heavy (non-hydrogen) atoms. The van der Waals surface area contributed by atoms with Crippen molar-refractivity contribution < 1.29 is 4.39 Å². The van der Waals surface area contributed by atoms with Crippen molar-refractivity contribution in [1.29, 1.82) is 0 Å². The Morgan fingerprint density at radius 3 is 2.73 bits per heavy atom. The minimum atomic E-state index is -0.275. The van der Waals surface area contributed by atoms with Gasteiger partial charge < -0.3 is 5.32 Å². The number of rotatable bonds is 3. The van der Waals surface area contributed by atoms with Gasteiger partial charge in [-0.2, -0.15) is 0 Å². The summed E-state index contributed by atoms with van der Waals surface area (Å²) >= 11 is 5.04. The van der Waals surface area contributed by atoms with Gasteiger partial charge in [-0.05, 0) is 55.0 Å². The van der Waals surface area contributed by atoms with E-state index in [1.165, 1.54) is 44.5 Å². The lowest BCUT2D eigenvalue weighted by Gasteiger charge is -2.18. The van der Waals surface area contributed by atoms with Gasteiger partial charge in [-0.3, -0.25) is 0 Å². The van der Waals surface area contributed by atoms with Crippen molar-refractivity contribution in [3.63, 3.8) is 0 Å². The number of anilines is 2. The minimum Gasteiger partial charge on any atom is -0.323 e. The van der Waals surface area contributed by atoms with Gasteiger partial charge in [0.1, 0.15) is 21.3 Å². The van der Waals surface area contributed by atoms with E-state index >= 15 is 0 Å². The van der Waals surface area contributed by atoms with E-state index in [0.717, 1.165) is 38.2 Å². The van der Waals surface area contributed by atoms with Crippen LogP contribution in [0.2, 0.25) is 0 Å². The molecule has 5 aromatic rings. The molecule has 1 N–H and O–H groups in total. The maximum Gasteiger partial charge on any atom is 0.189 e. The summed E-state index contributed by atoms with van der Waals surface area (Å²) in [7, 11) is 0. The highest BCUT2D eigenvalue weighted by Crippen LogP contribution is 2.48. The van der Waals surface area contributed by atoms with Crippen LogP contribution >= 0.6 is 34.0 Å². The predicted octanol–water partition coefficient (Wildman–Crippen LogP) is 7.64. The number of fused-ring (bicyclic) bond motifs is 3. The van der Waals surface area contributed by atoms with E-state index < -0.39 is 0 Å². The van der Waals surface area contributed by atoms with Crippen LogP contribution in [0.1, 0.15) is 23.8 Å². The molecule has 3 heterocycles. The number of aromatic nitrogens is 2. The molecule has 3 nitrogen and oxygen atoms in total. The second kappa shape index (κ2) is 7.11. The third-order valence-electron chi connectivity index (χ3n) is 5.61. The first kappa shape index (κ1) is 18.4. The largest absolute Gasteiger partial charge is 0.323 e. The Morgan fingerprint density at radius 2 is 1.87 bits per heavy atom. The summed E-state index contributed by atoms with van der Waals surface area (Å²) in [6.07, 6.45) is 3.38. The fourth-order valence-corrected chi connectivity index (χ4v) is 7.58. The first-order valence-corrected chi connectivity index (χ1v) is 12.4.